The lowest BCUT2D eigenvalue weighted by atomic mass is 9.93. The lowest BCUT2D eigenvalue weighted by Crippen LogP contribution is -2.34. The van der Waals surface area contributed by atoms with Gasteiger partial charge in [-0.25, -0.2) is 26.9 Å². The second kappa shape index (κ2) is 15.0. The quantitative estimate of drug-likeness (QED) is 0.126. The Bertz CT molecular complexity index is 2480. The molecule has 0 radical (unpaired) electrons. The van der Waals surface area contributed by atoms with E-state index in [2.05, 4.69) is 32.1 Å². The molecule has 0 spiro atoms. The van der Waals surface area contributed by atoms with E-state index in [1.807, 2.05) is 0 Å². The van der Waals surface area contributed by atoms with Crippen molar-refractivity contribution in [1.82, 2.24) is 34.6 Å². The van der Waals surface area contributed by atoms with E-state index in [0.717, 1.165) is 16.8 Å². The van der Waals surface area contributed by atoms with Crippen LogP contribution in [-0.4, -0.2) is 56.6 Å². The van der Waals surface area contributed by atoms with E-state index in [9.17, 15) is 40.3 Å². The van der Waals surface area contributed by atoms with E-state index in [1.165, 1.54) is 44.8 Å². The number of aliphatic hydroxyl groups is 1. The second-order valence-corrected chi connectivity index (χ2v) is 15.8. The highest BCUT2D eigenvalue weighted by Crippen LogP contribution is 2.40. The molecule has 0 fully saturated rings. The number of amides is 1. The van der Waals surface area contributed by atoms with E-state index < -0.39 is 57.6 Å². The van der Waals surface area contributed by atoms with Gasteiger partial charge in [0.15, 0.2) is 5.69 Å². The summed E-state index contributed by atoms with van der Waals surface area (Å²) in [7, 11) is -1.40. The maximum Gasteiger partial charge on any atom is 0.435 e. The van der Waals surface area contributed by atoms with Gasteiger partial charge in [0.05, 0.1) is 27.7 Å². The normalized spacial score (nSPS) is 14.0. The number of aromatic nitrogens is 5. The van der Waals surface area contributed by atoms with Gasteiger partial charge >= 0.3 is 6.18 Å². The van der Waals surface area contributed by atoms with Crippen LogP contribution in [-0.2, 0) is 53.8 Å². The average Bonchev–Trinajstić information content (AvgIpc) is 3.66. The molecule has 6 rings (SSSR count). The molecule has 3 N–H and O–H groups in total. The summed E-state index contributed by atoms with van der Waals surface area (Å²) in [6.07, 6.45) is -3.41. The molecule has 0 saturated carbocycles. The first-order chi connectivity index (χ1) is 25.8. The van der Waals surface area contributed by atoms with Crippen LogP contribution in [0.5, 0.6) is 0 Å². The molecule has 0 aliphatic heterocycles. The number of halogens is 6. The Morgan fingerprint density at radius 1 is 1.04 bits per heavy atom. The van der Waals surface area contributed by atoms with Crippen molar-refractivity contribution < 1.29 is 40.3 Å². The summed E-state index contributed by atoms with van der Waals surface area (Å²) >= 11 is 6.56. The molecule has 1 aliphatic rings. The van der Waals surface area contributed by atoms with Gasteiger partial charge in [-0.2, -0.15) is 23.4 Å². The number of fused-ring (bicyclic) bond motifs is 2. The van der Waals surface area contributed by atoms with Gasteiger partial charge in [-0.15, -0.1) is 0 Å². The van der Waals surface area contributed by atoms with Gasteiger partial charge in [0.1, 0.15) is 29.5 Å². The summed E-state index contributed by atoms with van der Waals surface area (Å²) in [4.78, 5) is 18.7. The minimum atomic E-state index is -4.74. The van der Waals surface area contributed by atoms with Gasteiger partial charge in [-0.3, -0.25) is 14.2 Å². The molecular formula is C37H35ClF5N7O4S. The van der Waals surface area contributed by atoms with Crippen LogP contribution in [0.25, 0.3) is 22.0 Å². The molecule has 1 amide bonds. The number of rotatable bonds is 9. The topological polar surface area (TPSA) is 144 Å². The molecule has 0 bridgehead atoms. The van der Waals surface area contributed by atoms with Crippen molar-refractivity contribution >= 4 is 38.4 Å². The predicted octanol–water partition coefficient (Wildman–Crippen LogP) is 5.79. The van der Waals surface area contributed by atoms with E-state index in [4.69, 9.17) is 16.6 Å². The summed E-state index contributed by atoms with van der Waals surface area (Å²) in [5.74, 6) is 2.88. The number of carbonyl (C=O) groups excluding carboxylic acids is 1. The molecular weight excluding hydrogens is 769 g/mol. The van der Waals surface area contributed by atoms with Crippen molar-refractivity contribution in [3.63, 3.8) is 0 Å². The molecule has 2 aromatic carbocycles. The maximum absolute atomic E-state index is 14.5. The molecule has 3 heterocycles. The number of pyridine rings is 1. The number of benzene rings is 2. The van der Waals surface area contributed by atoms with Crippen LogP contribution in [0, 0.1) is 23.5 Å². The minimum Gasteiger partial charge on any atom is -0.378 e. The van der Waals surface area contributed by atoms with E-state index in [1.54, 1.807) is 12.1 Å². The highest BCUT2D eigenvalue weighted by Gasteiger charge is 2.40. The third-order valence-corrected chi connectivity index (χ3v) is 10.6. The van der Waals surface area contributed by atoms with Crippen molar-refractivity contribution in [2.75, 3.05) is 7.05 Å². The Kier molecular flexibility index (Phi) is 10.8. The summed E-state index contributed by atoms with van der Waals surface area (Å²) in [5.41, 5.74) is -0.939. The largest absolute Gasteiger partial charge is 0.435 e. The highest BCUT2D eigenvalue weighted by molar-refractivity contribution is 7.89. The Labute approximate surface area is 317 Å². The maximum atomic E-state index is 14.5. The molecule has 18 heteroatoms. The molecule has 3 aromatic heterocycles. The molecule has 5 aromatic rings. The van der Waals surface area contributed by atoms with Gasteiger partial charge in [0.2, 0.25) is 10.9 Å². The summed E-state index contributed by atoms with van der Waals surface area (Å²) in [6.45, 7) is 2.30. The predicted molar refractivity (Wildman–Crippen MR) is 193 cm³/mol. The van der Waals surface area contributed by atoms with Crippen LogP contribution in [0.3, 0.4) is 0 Å². The number of alkyl halides is 3. The zero-order valence-corrected chi connectivity index (χ0v) is 31.5. The van der Waals surface area contributed by atoms with E-state index in [-0.39, 0.29) is 62.7 Å². The molecule has 55 heavy (non-hydrogen) atoms. The van der Waals surface area contributed by atoms with Crippen molar-refractivity contribution in [3.8, 4) is 23.0 Å². The van der Waals surface area contributed by atoms with Crippen LogP contribution in [0.1, 0.15) is 66.6 Å². The SMILES string of the molecule is CNS(=O)(=O)c1nn(C)c2c(-c3ccc(C#CC(C)(C)O)nc3[C@H](Cc3cc(F)cc(F)c3)NC(=O)Cn3nc(C(F)(F)F)c4c3CCCC4)ccc(Cl)c12. The number of carbonyl (C=O) groups is 1. The second-order valence-electron chi connectivity index (χ2n) is 13.6. The van der Waals surface area contributed by atoms with Crippen LogP contribution in [0.4, 0.5) is 22.0 Å². The summed E-state index contributed by atoms with van der Waals surface area (Å²) < 4.78 is 102. The van der Waals surface area contributed by atoms with E-state index in [0.29, 0.717) is 35.7 Å². The van der Waals surface area contributed by atoms with Crippen molar-refractivity contribution in [2.45, 2.75) is 75.3 Å². The fraction of sp³-hybridized carbons (Fsp3) is 0.351. The number of hydrogen-bond donors (Lipinski definition) is 3. The monoisotopic (exact) mass is 803 g/mol. The van der Waals surface area contributed by atoms with Gasteiger partial charge in [-0.05, 0) is 94.8 Å². The van der Waals surface area contributed by atoms with Crippen molar-refractivity contribution in [3.05, 3.63) is 93.0 Å². The number of sulfonamides is 1. The Hall–Kier alpha value is -4.89. The molecule has 290 valence electrons. The highest BCUT2D eigenvalue weighted by atomic mass is 35.5. The number of aryl methyl sites for hydroxylation is 1. The zero-order chi connectivity index (χ0) is 40.0. The lowest BCUT2D eigenvalue weighted by Gasteiger charge is -2.23. The number of nitrogens with one attached hydrogen (secondary N) is 2. The van der Waals surface area contributed by atoms with Gasteiger partial charge < -0.3 is 10.4 Å². The van der Waals surface area contributed by atoms with Crippen LogP contribution in [0.15, 0.2) is 47.5 Å². The summed E-state index contributed by atoms with van der Waals surface area (Å²) in [5, 5.41) is 20.9. The molecule has 0 unspecified atom stereocenters. The lowest BCUT2D eigenvalue weighted by molar-refractivity contribution is -0.142. The third kappa shape index (κ3) is 8.52. The van der Waals surface area contributed by atoms with Gasteiger partial charge in [0.25, 0.3) is 10.0 Å². The Morgan fingerprint density at radius 3 is 2.36 bits per heavy atom. The average molecular weight is 804 g/mol. The van der Waals surface area contributed by atoms with Crippen molar-refractivity contribution in [1.29, 1.82) is 0 Å². The first kappa shape index (κ1) is 39.8. The fourth-order valence-electron chi connectivity index (χ4n) is 6.69. The molecule has 11 nitrogen and oxygen atoms in total. The minimum absolute atomic E-state index is 0.0444. The molecule has 1 aliphatic carbocycles. The van der Waals surface area contributed by atoms with Crippen LogP contribution < -0.4 is 10.0 Å². The van der Waals surface area contributed by atoms with Gasteiger partial charge in [0, 0.05) is 35.5 Å². The first-order valence-electron chi connectivity index (χ1n) is 17.0. The van der Waals surface area contributed by atoms with Gasteiger partial charge in [-0.1, -0.05) is 23.6 Å². The van der Waals surface area contributed by atoms with Crippen molar-refractivity contribution in [2.24, 2.45) is 7.05 Å². The smallest absolute Gasteiger partial charge is 0.378 e. The first-order valence-corrected chi connectivity index (χ1v) is 18.9. The Morgan fingerprint density at radius 2 is 1.71 bits per heavy atom. The van der Waals surface area contributed by atoms with Crippen LogP contribution >= 0.6 is 11.6 Å². The zero-order valence-electron chi connectivity index (χ0n) is 29.9. The number of hydrogen-bond acceptors (Lipinski definition) is 7. The third-order valence-electron chi connectivity index (χ3n) is 8.99. The van der Waals surface area contributed by atoms with E-state index >= 15 is 0 Å². The fourth-order valence-corrected chi connectivity index (χ4v) is 7.88. The Balaban J connectivity index is 1.54. The number of nitrogens with zero attached hydrogens (tertiary/aromatic N) is 5. The summed E-state index contributed by atoms with van der Waals surface area (Å²) in [6, 6.07) is 7.73. The molecule has 1 atom stereocenters. The standard InChI is InChI=1S/C37H35ClF5N7O4S/c1-36(2,52)14-13-23-9-10-24(25-11-12-27(38)31-33(25)49(4)48-35(31)55(53,54)44-3)32(45-23)28(17-20-15-21(39)18-22(40)16-20)46-30(51)19-50-29-8-6-5-7-26(29)34(47-50)37(41,42)43/h9-12,15-16,18,28,44,52H,5-8,17,19H2,1-4H3,(H,46,51)/t28-/m0/s1. The molecule has 0 saturated heterocycles. The van der Waals surface area contributed by atoms with Crippen LogP contribution in [0.2, 0.25) is 5.02 Å².